The van der Waals surface area contributed by atoms with Gasteiger partial charge < -0.3 is 9.64 Å². The third-order valence-corrected chi connectivity index (χ3v) is 3.74. The summed E-state index contributed by atoms with van der Waals surface area (Å²) in [6.45, 7) is 2.58. The van der Waals surface area contributed by atoms with Crippen LogP contribution in [0.3, 0.4) is 0 Å². The van der Waals surface area contributed by atoms with Gasteiger partial charge in [0.15, 0.2) is 5.69 Å². The molecule has 0 N–H and O–H groups in total. The Morgan fingerprint density at radius 2 is 2.04 bits per heavy atom. The highest BCUT2D eigenvalue weighted by atomic mass is 16.6. The Hall–Kier alpha value is -3.23. The van der Waals surface area contributed by atoms with E-state index in [0.29, 0.717) is 24.5 Å². The summed E-state index contributed by atoms with van der Waals surface area (Å²) in [7, 11) is 3.29. The van der Waals surface area contributed by atoms with E-state index in [1.54, 1.807) is 32.0 Å². The van der Waals surface area contributed by atoms with Crippen LogP contribution in [0.4, 0.5) is 0 Å². The van der Waals surface area contributed by atoms with Crippen LogP contribution in [0.25, 0.3) is 0 Å². The lowest BCUT2D eigenvalue weighted by atomic mass is 10.2. The van der Waals surface area contributed by atoms with Crippen LogP contribution in [0, 0.1) is 6.92 Å². The number of amides is 1. The molecule has 3 rings (SSSR count). The van der Waals surface area contributed by atoms with Crippen LogP contribution in [-0.2, 0) is 13.1 Å². The molecule has 3 aromatic rings. The number of benzene rings is 1. The predicted octanol–water partition coefficient (Wildman–Crippen LogP) is 1.30. The van der Waals surface area contributed by atoms with E-state index in [1.165, 1.54) is 4.90 Å². The van der Waals surface area contributed by atoms with Crippen molar-refractivity contribution in [1.29, 1.82) is 0 Å². The Labute approximate surface area is 144 Å². The van der Waals surface area contributed by atoms with Crippen LogP contribution >= 0.6 is 0 Å². The minimum atomic E-state index is -0.247. The topological polar surface area (TPSA) is 99.2 Å². The lowest BCUT2D eigenvalue weighted by Crippen LogP contribution is -2.27. The summed E-state index contributed by atoms with van der Waals surface area (Å²) in [5.41, 5.74) is 2.57. The van der Waals surface area contributed by atoms with Crippen LogP contribution in [-0.4, -0.2) is 50.3 Å². The van der Waals surface area contributed by atoms with Gasteiger partial charge in [0, 0.05) is 7.05 Å². The van der Waals surface area contributed by atoms with Crippen molar-refractivity contribution in [2.75, 3.05) is 14.2 Å². The summed E-state index contributed by atoms with van der Waals surface area (Å²) < 4.78 is 11.4. The molecular weight excluding hydrogens is 324 g/mol. The van der Waals surface area contributed by atoms with E-state index in [4.69, 9.17) is 4.74 Å². The summed E-state index contributed by atoms with van der Waals surface area (Å²) >= 11 is 0. The van der Waals surface area contributed by atoms with Gasteiger partial charge in [-0.05, 0) is 24.6 Å². The standard InChI is InChI=1S/C16H18N6O3/c1-11-14(19-25-18-11)9-21(2)16(23)15-10-22(20-17-15)8-12-4-6-13(24-3)7-5-12/h4-7,10H,8-9H2,1-3H3. The van der Waals surface area contributed by atoms with Crippen LogP contribution in [0.1, 0.15) is 27.4 Å². The summed E-state index contributed by atoms with van der Waals surface area (Å²) in [5, 5.41) is 15.4. The Morgan fingerprint density at radius 3 is 2.68 bits per heavy atom. The number of carbonyl (C=O) groups excluding carboxylic acids is 1. The number of nitrogens with zero attached hydrogens (tertiary/aromatic N) is 6. The molecule has 0 unspecified atom stereocenters. The molecule has 9 nitrogen and oxygen atoms in total. The fourth-order valence-corrected chi connectivity index (χ4v) is 2.28. The Morgan fingerprint density at radius 1 is 1.28 bits per heavy atom. The average Bonchev–Trinajstić information content (AvgIpc) is 3.24. The van der Waals surface area contributed by atoms with E-state index in [-0.39, 0.29) is 11.6 Å². The largest absolute Gasteiger partial charge is 0.497 e. The molecule has 0 bridgehead atoms. The smallest absolute Gasteiger partial charge is 0.276 e. The predicted molar refractivity (Wildman–Crippen MR) is 87.0 cm³/mol. The minimum Gasteiger partial charge on any atom is -0.497 e. The molecule has 0 aliphatic heterocycles. The van der Waals surface area contributed by atoms with E-state index in [1.807, 2.05) is 24.3 Å². The van der Waals surface area contributed by atoms with Crippen LogP contribution in [0.15, 0.2) is 35.1 Å². The summed E-state index contributed by atoms with van der Waals surface area (Å²) in [6, 6.07) is 7.63. The highest BCUT2D eigenvalue weighted by Gasteiger charge is 2.18. The van der Waals surface area contributed by atoms with E-state index < -0.39 is 0 Å². The number of hydrogen-bond donors (Lipinski definition) is 0. The van der Waals surface area contributed by atoms with Gasteiger partial charge in [0.2, 0.25) is 0 Å². The fraction of sp³-hybridized carbons (Fsp3) is 0.312. The monoisotopic (exact) mass is 342 g/mol. The maximum absolute atomic E-state index is 12.4. The normalized spacial score (nSPS) is 10.7. The van der Waals surface area contributed by atoms with E-state index >= 15 is 0 Å². The molecule has 1 amide bonds. The molecule has 0 aliphatic carbocycles. The lowest BCUT2D eigenvalue weighted by Gasteiger charge is -2.13. The Balaban J connectivity index is 1.65. The summed E-state index contributed by atoms with van der Waals surface area (Å²) in [6.07, 6.45) is 1.62. The van der Waals surface area contributed by atoms with Crippen molar-refractivity contribution in [3.05, 3.63) is 53.1 Å². The minimum absolute atomic E-state index is 0.247. The van der Waals surface area contributed by atoms with Gasteiger partial charge in [-0.15, -0.1) is 5.10 Å². The number of aromatic nitrogens is 5. The molecule has 2 aromatic heterocycles. The highest BCUT2D eigenvalue weighted by Crippen LogP contribution is 2.12. The van der Waals surface area contributed by atoms with Gasteiger partial charge in [-0.1, -0.05) is 27.7 Å². The number of aryl methyl sites for hydroxylation is 1. The third kappa shape index (κ3) is 3.82. The Bertz CT molecular complexity index is 855. The number of methoxy groups -OCH3 is 1. The van der Waals surface area contributed by atoms with Gasteiger partial charge in [-0.3, -0.25) is 4.79 Å². The van der Waals surface area contributed by atoms with Gasteiger partial charge in [-0.2, -0.15) is 0 Å². The zero-order valence-electron chi connectivity index (χ0n) is 14.2. The first-order chi connectivity index (χ1) is 12.1. The molecule has 2 heterocycles. The van der Waals surface area contributed by atoms with Gasteiger partial charge in [0.25, 0.3) is 5.91 Å². The van der Waals surface area contributed by atoms with Crippen LogP contribution < -0.4 is 4.74 Å². The second-order valence-corrected chi connectivity index (χ2v) is 5.61. The quantitative estimate of drug-likeness (QED) is 0.665. The van der Waals surface area contributed by atoms with Crippen molar-refractivity contribution >= 4 is 5.91 Å². The molecule has 130 valence electrons. The first kappa shape index (κ1) is 16.6. The lowest BCUT2D eigenvalue weighted by molar-refractivity contribution is 0.0776. The third-order valence-electron chi connectivity index (χ3n) is 3.74. The van der Waals surface area contributed by atoms with Crippen molar-refractivity contribution in [3.8, 4) is 5.75 Å². The molecule has 0 aliphatic rings. The molecule has 0 saturated heterocycles. The van der Waals surface area contributed by atoms with E-state index in [2.05, 4.69) is 25.3 Å². The van der Waals surface area contributed by atoms with Gasteiger partial charge >= 0.3 is 0 Å². The van der Waals surface area contributed by atoms with Crippen LogP contribution in [0.2, 0.25) is 0 Å². The second kappa shape index (κ2) is 7.12. The molecule has 0 fully saturated rings. The number of hydrogen-bond acceptors (Lipinski definition) is 7. The first-order valence-electron chi connectivity index (χ1n) is 7.63. The molecule has 25 heavy (non-hydrogen) atoms. The SMILES string of the molecule is COc1ccc(Cn2cc(C(=O)N(C)Cc3nonc3C)nn2)cc1. The molecule has 0 radical (unpaired) electrons. The maximum atomic E-state index is 12.4. The van der Waals surface area contributed by atoms with Crippen molar-refractivity contribution in [2.24, 2.45) is 0 Å². The van der Waals surface area contributed by atoms with Crippen LogP contribution in [0.5, 0.6) is 5.75 Å². The molecule has 1 aromatic carbocycles. The molecule has 0 saturated carbocycles. The van der Waals surface area contributed by atoms with E-state index in [9.17, 15) is 4.79 Å². The van der Waals surface area contributed by atoms with E-state index in [0.717, 1.165) is 11.3 Å². The summed E-state index contributed by atoms with van der Waals surface area (Å²) in [5.74, 6) is 0.542. The highest BCUT2D eigenvalue weighted by molar-refractivity contribution is 5.91. The average molecular weight is 342 g/mol. The number of ether oxygens (including phenoxy) is 1. The zero-order valence-corrected chi connectivity index (χ0v) is 14.2. The van der Waals surface area contributed by atoms with Gasteiger partial charge in [-0.25, -0.2) is 9.31 Å². The van der Waals surface area contributed by atoms with Crippen molar-refractivity contribution in [1.82, 2.24) is 30.2 Å². The molecule has 9 heteroatoms. The fourth-order valence-electron chi connectivity index (χ4n) is 2.28. The van der Waals surface area contributed by atoms with Crippen molar-refractivity contribution in [3.63, 3.8) is 0 Å². The van der Waals surface area contributed by atoms with Gasteiger partial charge in [0.05, 0.1) is 26.4 Å². The number of carbonyl (C=O) groups is 1. The summed E-state index contributed by atoms with van der Waals surface area (Å²) in [4.78, 5) is 13.9. The maximum Gasteiger partial charge on any atom is 0.276 e. The van der Waals surface area contributed by atoms with Crippen molar-refractivity contribution < 1.29 is 14.2 Å². The number of rotatable bonds is 6. The molecule has 0 spiro atoms. The molecule has 0 atom stereocenters. The van der Waals surface area contributed by atoms with Gasteiger partial charge in [0.1, 0.15) is 17.1 Å². The molecular formula is C16H18N6O3. The zero-order chi connectivity index (χ0) is 17.8. The second-order valence-electron chi connectivity index (χ2n) is 5.61. The van der Waals surface area contributed by atoms with Crippen molar-refractivity contribution in [2.45, 2.75) is 20.0 Å². The first-order valence-corrected chi connectivity index (χ1v) is 7.63. The Kier molecular flexibility index (Phi) is 4.73.